The number of carbonyl (C=O) groups is 2. The summed E-state index contributed by atoms with van der Waals surface area (Å²) in [5.41, 5.74) is 0.380. The summed E-state index contributed by atoms with van der Waals surface area (Å²) in [5.74, 6) is 0.703. The Hall–Kier alpha value is -1.84. The summed E-state index contributed by atoms with van der Waals surface area (Å²) in [6.07, 6.45) is 1.79. The van der Waals surface area contributed by atoms with Crippen LogP contribution in [0.5, 0.6) is 0 Å². The highest BCUT2D eigenvalue weighted by atomic mass is 16.2. The van der Waals surface area contributed by atoms with Crippen LogP contribution in [-0.2, 0) is 9.59 Å². The van der Waals surface area contributed by atoms with E-state index in [0.29, 0.717) is 5.92 Å². The molecule has 0 radical (unpaired) electrons. The van der Waals surface area contributed by atoms with Crippen LogP contribution in [-0.4, -0.2) is 29.8 Å². The van der Waals surface area contributed by atoms with Gasteiger partial charge in [-0.15, -0.1) is 0 Å². The van der Waals surface area contributed by atoms with Gasteiger partial charge in [0, 0.05) is 30.1 Å². The Morgan fingerprint density at radius 2 is 1.91 bits per heavy atom. The van der Waals surface area contributed by atoms with E-state index in [0.717, 1.165) is 31.6 Å². The summed E-state index contributed by atoms with van der Waals surface area (Å²) in [5, 5.41) is 2.99. The molecule has 1 aliphatic heterocycles. The van der Waals surface area contributed by atoms with Crippen molar-refractivity contribution in [1.29, 1.82) is 0 Å². The van der Waals surface area contributed by atoms with Crippen LogP contribution in [0.1, 0.15) is 40.5 Å². The Kier molecular flexibility index (Phi) is 5.45. The van der Waals surface area contributed by atoms with Crippen molar-refractivity contribution in [1.82, 2.24) is 4.90 Å². The van der Waals surface area contributed by atoms with E-state index in [2.05, 4.69) is 5.32 Å². The van der Waals surface area contributed by atoms with Crippen molar-refractivity contribution in [3.05, 3.63) is 30.3 Å². The lowest BCUT2D eigenvalue weighted by Crippen LogP contribution is -2.35. The summed E-state index contributed by atoms with van der Waals surface area (Å²) >= 11 is 0. The fraction of sp³-hybridized carbons (Fsp3) is 0.579. The highest BCUT2D eigenvalue weighted by Crippen LogP contribution is 2.32. The third-order valence-corrected chi connectivity index (χ3v) is 4.54. The Labute approximate surface area is 139 Å². The molecule has 1 unspecified atom stereocenters. The molecule has 1 aromatic carbocycles. The minimum Gasteiger partial charge on any atom is -0.342 e. The quantitative estimate of drug-likeness (QED) is 0.903. The fourth-order valence-corrected chi connectivity index (χ4v) is 3.20. The molecule has 0 saturated carbocycles. The number of carbonyl (C=O) groups excluding carboxylic acids is 2. The van der Waals surface area contributed by atoms with E-state index in [1.54, 1.807) is 0 Å². The molecular formula is C19H28N2O2. The molecule has 1 saturated heterocycles. The Morgan fingerprint density at radius 3 is 2.52 bits per heavy atom. The van der Waals surface area contributed by atoms with Crippen LogP contribution in [0.15, 0.2) is 30.3 Å². The zero-order chi connectivity index (χ0) is 17.0. The third-order valence-electron chi connectivity index (χ3n) is 4.54. The SMILES string of the molecule is CC(C)C(=O)N1CCC(CC(C)(C)C(=O)Nc2ccccc2)C1. The van der Waals surface area contributed by atoms with Crippen LogP contribution in [0.25, 0.3) is 0 Å². The van der Waals surface area contributed by atoms with Crippen LogP contribution in [0.3, 0.4) is 0 Å². The second-order valence-corrected chi connectivity index (χ2v) is 7.50. The average molecular weight is 316 g/mol. The zero-order valence-electron chi connectivity index (χ0n) is 14.6. The van der Waals surface area contributed by atoms with Gasteiger partial charge in [0.05, 0.1) is 0 Å². The largest absolute Gasteiger partial charge is 0.342 e. The van der Waals surface area contributed by atoms with Crippen LogP contribution >= 0.6 is 0 Å². The monoisotopic (exact) mass is 316 g/mol. The first kappa shape index (κ1) is 17.5. The lowest BCUT2D eigenvalue weighted by atomic mass is 9.81. The standard InChI is InChI=1S/C19H28N2O2/c1-14(2)17(22)21-11-10-15(13-21)12-19(3,4)18(23)20-16-8-6-5-7-9-16/h5-9,14-15H,10-13H2,1-4H3,(H,20,23). The molecule has 2 amide bonds. The molecule has 1 N–H and O–H groups in total. The Balaban J connectivity index is 1.91. The van der Waals surface area contributed by atoms with E-state index in [-0.39, 0.29) is 17.7 Å². The molecule has 1 aromatic rings. The maximum Gasteiger partial charge on any atom is 0.230 e. The van der Waals surface area contributed by atoms with Crippen molar-refractivity contribution < 1.29 is 9.59 Å². The van der Waals surface area contributed by atoms with E-state index in [9.17, 15) is 9.59 Å². The van der Waals surface area contributed by atoms with E-state index in [4.69, 9.17) is 0 Å². The molecule has 0 bridgehead atoms. The van der Waals surface area contributed by atoms with E-state index >= 15 is 0 Å². The maximum atomic E-state index is 12.6. The number of hydrogen-bond acceptors (Lipinski definition) is 2. The Bertz CT molecular complexity index is 552. The number of rotatable bonds is 5. The van der Waals surface area contributed by atoms with Crippen molar-refractivity contribution >= 4 is 17.5 Å². The van der Waals surface area contributed by atoms with Crippen LogP contribution in [0.2, 0.25) is 0 Å². The molecule has 1 aliphatic rings. The van der Waals surface area contributed by atoms with Gasteiger partial charge in [0.25, 0.3) is 0 Å². The van der Waals surface area contributed by atoms with Gasteiger partial charge in [-0.1, -0.05) is 45.9 Å². The number of amides is 2. The molecule has 1 atom stereocenters. The molecule has 4 nitrogen and oxygen atoms in total. The average Bonchev–Trinajstić information content (AvgIpc) is 2.95. The summed E-state index contributed by atoms with van der Waals surface area (Å²) in [6, 6.07) is 9.54. The molecule has 0 aromatic heterocycles. The van der Waals surface area contributed by atoms with Gasteiger partial charge in [0.1, 0.15) is 0 Å². The van der Waals surface area contributed by atoms with Crippen LogP contribution in [0, 0.1) is 17.3 Å². The minimum atomic E-state index is -0.447. The number of likely N-dealkylation sites (tertiary alicyclic amines) is 1. The second kappa shape index (κ2) is 7.16. The van der Waals surface area contributed by atoms with Crippen molar-refractivity contribution in [2.24, 2.45) is 17.3 Å². The van der Waals surface area contributed by atoms with Gasteiger partial charge in [0.15, 0.2) is 0 Å². The van der Waals surface area contributed by atoms with Gasteiger partial charge in [-0.3, -0.25) is 9.59 Å². The topological polar surface area (TPSA) is 49.4 Å². The summed E-state index contributed by atoms with van der Waals surface area (Å²) in [4.78, 5) is 26.6. The van der Waals surface area contributed by atoms with Crippen molar-refractivity contribution in [3.63, 3.8) is 0 Å². The lowest BCUT2D eigenvalue weighted by Gasteiger charge is -2.27. The summed E-state index contributed by atoms with van der Waals surface area (Å²) < 4.78 is 0. The fourth-order valence-electron chi connectivity index (χ4n) is 3.20. The third kappa shape index (κ3) is 4.57. The highest BCUT2D eigenvalue weighted by Gasteiger charge is 2.35. The molecule has 1 fully saturated rings. The first-order chi connectivity index (χ1) is 10.8. The van der Waals surface area contributed by atoms with Gasteiger partial charge in [-0.2, -0.15) is 0 Å². The molecule has 0 aliphatic carbocycles. The number of anilines is 1. The number of nitrogens with zero attached hydrogens (tertiary/aromatic N) is 1. The number of para-hydroxylation sites is 1. The van der Waals surface area contributed by atoms with E-state index in [1.807, 2.05) is 62.9 Å². The van der Waals surface area contributed by atoms with Gasteiger partial charge >= 0.3 is 0 Å². The number of nitrogens with one attached hydrogen (secondary N) is 1. The molecule has 23 heavy (non-hydrogen) atoms. The van der Waals surface area contributed by atoms with Gasteiger partial charge in [0.2, 0.25) is 11.8 Å². The molecular weight excluding hydrogens is 288 g/mol. The van der Waals surface area contributed by atoms with Crippen LogP contribution < -0.4 is 5.32 Å². The molecule has 4 heteroatoms. The normalized spacial score (nSPS) is 18.3. The molecule has 1 heterocycles. The highest BCUT2D eigenvalue weighted by molar-refractivity contribution is 5.94. The zero-order valence-corrected chi connectivity index (χ0v) is 14.6. The second-order valence-electron chi connectivity index (χ2n) is 7.50. The molecule has 2 rings (SSSR count). The Morgan fingerprint density at radius 1 is 1.26 bits per heavy atom. The van der Waals surface area contributed by atoms with E-state index < -0.39 is 5.41 Å². The van der Waals surface area contributed by atoms with Gasteiger partial charge < -0.3 is 10.2 Å². The van der Waals surface area contributed by atoms with E-state index in [1.165, 1.54) is 0 Å². The van der Waals surface area contributed by atoms with Crippen molar-refractivity contribution in [3.8, 4) is 0 Å². The maximum absolute atomic E-state index is 12.6. The molecule has 126 valence electrons. The molecule has 0 spiro atoms. The first-order valence-corrected chi connectivity index (χ1v) is 8.45. The first-order valence-electron chi connectivity index (χ1n) is 8.45. The van der Waals surface area contributed by atoms with Crippen molar-refractivity contribution in [2.45, 2.75) is 40.5 Å². The number of benzene rings is 1. The minimum absolute atomic E-state index is 0.0392. The number of hydrogen-bond donors (Lipinski definition) is 1. The predicted molar refractivity (Wildman–Crippen MR) is 93.0 cm³/mol. The summed E-state index contributed by atoms with van der Waals surface area (Å²) in [6.45, 7) is 9.44. The van der Waals surface area contributed by atoms with Crippen LogP contribution in [0.4, 0.5) is 5.69 Å². The predicted octanol–water partition coefficient (Wildman–Crippen LogP) is 3.55. The van der Waals surface area contributed by atoms with Gasteiger partial charge in [-0.05, 0) is 30.9 Å². The lowest BCUT2D eigenvalue weighted by molar-refractivity contribution is -0.133. The van der Waals surface area contributed by atoms with Crippen molar-refractivity contribution in [2.75, 3.05) is 18.4 Å². The summed E-state index contributed by atoms with van der Waals surface area (Å²) in [7, 11) is 0. The smallest absolute Gasteiger partial charge is 0.230 e. The van der Waals surface area contributed by atoms with Gasteiger partial charge in [-0.25, -0.2) is 0 Å².